The lowest BCUT2D eigenvalue weighted by atomic mass is 10.0. The van der Waals surface area contributed by atoms with Crippen LogP contribution < -0.4 is 9.47 Å². The fraction of sp³-hybridized carbons (Fsp3) is 0.500. The Balaban J connectivity index is 1.96. The number of carboxylic acid groups (broad SMARTS) is 1. The molecule has 1 aliphatic heterocycles. The number of carboxylic acids is 1. The Hall–Kier alpha value is -2.24. The Labute approximate surface area is 129 Å². The Morgan fingerprint density at radius 3 is 2.77 bits per heavy atom. The Morgan fingerprint density at radius 1 is 1.36 bits per heavy atom. The van der Waals surface area contributed by atoms with Crippen LogP contribution in [-0.2, 0) is 9.59 Å². The maximum atomic E-state index is 12.2. The third-order valence-electron chi connectivity index (χ3n) is 3.84. The lowest BCUT2D eigenvalue weighted by molar-refractivity contribution is -0.152. The van der Waals surface area contributed by atoms with E-state index in [1.807, 2.05) is 6.92 Å². The summed E-state index contributed by atoms with van der Waals surface area (Å²) in [6.07, 6.45) is 2.17. The molecule has 2 rings (SSSR count). The van der Waals surface area contributed by atoms with Gasteiger partial charge in [-0.15, -0.1) is 0 Å². The number of nitrogens with zero attached hydrogens (tertiary/aromatic N) is 1. The monoisotopic (exact) mass is 307 g/mol. The normalized spacial score (nSPS) is 17.9. The van der Waals surface area contributed by atoms with Gasteiger partial charge in [0.05, 0.1) is 7.11 Å². The molecule has 6 nitrogen and oxygen atoms in total. The molecule has 120 valence electrons. The molecule has 0 aliphatic carbocycles. The van der Waals surface area contributed by atoms with Gasteiger partial charge >= 0.3 is 5.97 Å². The molecule has 22 heavy (non-hydrogen) atoms. The summed E-state index contributed by atoms with van der Waals surface area (Å²) >= 11 is 0. The molecule has 0 bridgehead atoms. The molecule has 0 aromatic heterocycles. The minimum absolute atomic E-state index is 0.157. The van der Waals surface area contributed by atoms with Gasteiger partial charge in [-0.05, 0) is 49.9 Å². The molecular weight excluding hydrogens is 286 g/mol. The Morgan fingerprint density at radius 2 is 2.14 bits per heavy atom. The first-order chi connectivity index (χ1) is 10.5. The van der Waals surface area contributed by atoms with Gasteiger partial charge in [0.25, 0.3) is 5.91 Å². The zero-order valence-corrected chi connectivity index (χ0v) is 12.9. The molecule has 1 aromatic carbocycles. The average molecular weight is 307 g/mol. The second kappa shape index (κ2) is 7.15. The number of piperidine rings is 1. The number of carbonyl (C=O) groups is 2. The van der Waals surface area contributed by atoms with Gasteiger partial charge in [-0.3, -0.25) is 4.79 Å². The largest absolute Gasteiger partial charge is 0.496 e. The molecule has 1 fully saturated rings. The van der Waals surface area contributed by atoms with Crippen LogP contribution in [-0.4, -0.2) is 48.2 Å². The van der Waals surface area contributed by atoms with Crippen LogP contribution in [0.15, 0.2) is 18.2 Å². The number of likely N-dealkylation sites (tertiary alicyclic amines) is 1. The molecule has 1 heterocycles. The van der Waals surface area contributed by atoms with Crippen molar-refractivity contribution in [3.8, 4) is 11.5 Å². The molecular formula is C16H21NO5. The summed E-state index contributed by atoms with van der Waals surface area (Å²) in [5, 5.41) is 9.19. The predicted molar refractivity (Wildman–Crippen MR) is 80.2 cm³/mol. The zero-order chi connectivity index (χ0) is 16.1. The summed E-state index contributed by atoms with van der Waals surface area (Å²) in [5.74, 6) is 0.0742. The highest BCUT2D eigenvalue weighted by Crippen LogP contribution is 2.23. The van der Waals surface area contributed by atoms with E-state index in [1.165, 1.54) is 4.90 Å². The van der Waals surface area contributed by atoms with E-state index in [2.05, 4.69) is 0 Å². The van der Waals surface area contributed by atoms with Gasteiger partial charge < -0.3 is 19.5 Å². The summed E-state index contributed by atoms with van der Waals surface area (Å²) in [6, 6.07) is 4.55. The molecule has 1 unspecified atom stereocenters. The summed E-state index contributed by atoms with van der Waals surface area (Å²) < 4.78 is 10.7. The van der Waals surface area contributed by atoms with Gasteiger partial charge in [0.15, 0.2) is 6.61 Å². The summed E-state index contributed by atoms with van der Waals surface area (Å²) in [7, 11) is 1.59. The van der Waals surface area contributed by atoms with Crippen molar-refractivity contribution >= 4 is 11.9 Å². The van der Waals surface area contributed by atoms with Gasteiger partial charge in [0.1, 0.15) is 17.5 Å². The highest BCUT2D eigenvalue weighted by atomic mass is 16.5. The van der Waals surface area contributed by atoms with Gasteiger partial charge in [0, 0.05) is 6.54 Å². The van der Waals surface area contributed by atoms with Crippen LogP contribution in [0.4, 0.5) is 0 Å². The Kier molecular flexibility index (Phi) is 5.25. The van der Waals surface area contributed by atoms with Crippen LogP contribution in [0.3, 0.4) is 0 Å². The minimum Gasteiger partial charge on any atom is -0.496 e. The maximum Gasteiger partial charge on any atom is 0.326 e. The fourth-order valence-corrected chi connectivity index (χ4v) is 2.66. The van der Waals surface area contributed by atoms with E-state index in [-0.39, 0.29) is 12.5 Å². The number of aryl methyl sites for hydroxylation is 1. The molecule has 1 aliphatic rings. The fourth-order valence-electron chi connectivity index (χ4n) is 2.66. The quantitative estimate of drug-likeness (QED) is 0.898. The van der Waals surface area contributed by atoms with Crippen LogP contribution in [0.5, 0.6) is 11.5 Å². The summed E-state index contributed by atoms with van der Waals surface area (Å²) in [4.78, 5) is 24.8. The number of ether oxygens (including phenoxy) is 2. The van der Waals surface area contributed by atoms with Crippen molar-refractivity contribution in [2.75, 3.05) is 20.3 Å². The first-order valence-corrected chi connectivity index (χ1v) is 7.32. The van der Waals surface area contributed by atoms with E-state index < -0.39 is 12.0 Å². The topological polar surface area (TPSA) is 76.1 Å². The average Bonchev–Trinajstić information content (AvgIpc) is 2.52. The first kappa shape index (κ1) is 16.1. The molecule has 1 N–H and O–H groups in total. The van der Waals surface area contributed by atoms with Crippen LogP contribution in [0, 0.1) is 6.92 Å². The number of carbonyl (C=O) groups excluding carboxylic acids is 1. The first-order valence-electron chi connectivity index (χ1n) is 7.32. The molecule has 1 aromatic rings. The van der Waals surface area contributed by atoms with Crippen LogP contribution in [0.25, 0.3) is 0 Å². The van der Waals surface area contributed by atoms with E-state index in [9.17, 15) is 14.7 Å². The van der Waals surface area contributed by atoms with Gasteiger partial charge in [-0.25, -0.2) is 4.79 Å². The van der Waals surface area contributed by atoms with E-state index in [1.54, 1.807) is 25.3 Å². The second-order valence-electron chi connectivity index (χ2n) is 5.36. The summed E-state index contributed by atoms with van der Waals surface area (Å²) in [6.45, 7) is 2.20. The van der Waals surface area contributed by atoms with Crippen molar-refractivity contribution < 1.29 is 24.2 Å². The third-order valence-corrected chi connectivity index (χ3v) is 3.84. The van der Waals surface area contributed by atoms with Crippen molar-refractivity contribution in [3.63, 3.8) is 0 Å². The van der Waals surface area contributed by atoms with Crippen LogP contribution >= 0.6 is 0 Å². The lowest BCUT2D eigenvalue weighted by Gasteiger charge is -2.32. The van der Waals surface area contributed by atoms with Crippen molar-refractivity contribution in [1.29, 1.82) is 0 Å². The standard InChI is InChI=1S/C16H21NO5/c1-11-9-12(6-7-14(11)21-2)22-10-15(18)17-8-4-3-5-13(17)16(19)20/h6-7,9,13H,3-5,8,10H2,1-2H3,(H,19,20). The van der Waals surface area contributed by atoms with Crippen LogP contribution in [0.1, 0.15) is 24.8 Å². The molecule has 0 radical (unpaired) electrons. The highest BCUT2D eigenvalue weighted by molar-refractivity contribution is 5.84. The minimum atomic E-state index is -0.951. The van der Waals surface area contributed by atoms with Crippen molar-refractivity contribution in [1.82, 2.24) is 4.90 Å². The van der Waals surface area contributed by atoms with Crippen molar-refractivity contribution in [3.05, 3.63) is 23.8 Å². The lowest BCUT2D eigenvalue weighted by Crippen LogP contribution is -2.49. The van der Waals surface area contributed by atoms with Gasteiger partial charge in [-0.2, -0.15) is 0 Å². The molecule has 6 heteroatoms. The molecule has 1 amide bonds. The summed E-state index contributed by atoms with van der Waals surface area (Å²) in [5.41, 5.74) is 0.911. The van der Waals surface area contributed by atoms with Crippen LogP contribution in [0.2, 0.25) is 0 Å². The molecule has 1 atom stereocenters. The van der Waals surface area contributed by atoms with E-state index in [4.69, 9.17) is 9.47 Å². The van der Waals surface area contributed by atoms with Crippen molar-refractivity contribution in [2.24, 2.45) is 0 Å². The smallest absolute Gasteiger partial charge is 0.326 e. The van der Waals surface area contributed by atoms with E-state index in [0.29, 0.717) is 18.7 Å². The number of rotatable bonds is 5. The van der Waals surface area contributed by atoms with Crippen molar-refractivity contribution in [2.45, 2.75) is 32.2 Å². The zero-order valence-electron chi connectivity index (χ0n) is 12.9. The second-order valence-corrected chi connectivity index (χ2v) is 5.36. The number of amides is 1. The maximum absolute atomic E-state index is 12.2. The molecule has 0 saturated carbocycles. The number of benzene rings is 1. The predicted octanol–water partition coefficient (Wildman–Crippen LogP) is 1.85. The van der Waals surface area contributed by atoms with E-state index in [0.717, 1.165) is 24.2 Å². The van der Waals surface area contributed by atoms with Gasteiger partial charge in [-0.1, -0.05) is 0 Å². The molecule has 1 saturated heterocycles. The SMILES string of the molecule is COc1ccc(OCC(=O)N2CCCCC2C(=O)O)cc1C. The van der Waals surface area contributed by atoms with Gasteiger partial charge in [0.2, 0.25) is 0 Å². The Bertz CT molecular complexity index is 557. The number of methoxy groups -OCH3 is 1. The van der Waals surface area contributed by atoms with E-state index >= 15 is 0 Å². The highest BCUT2D eigenvalue weighted by Gasteiger charge is 2.31. The number of hydrogen-bond acceptors (Lipinski definition) is 4. The molecule has 0 spiro atoms. The number of hydrogen-bond donors (Lipinski definition) is 1. The number of aliphatic carboxylic acids is 1. The third kappa shape index (κ3) is 3.69.